The van der Waals surface area contributed by atoms with E-state index in [0.29, 0.717) is 24.5 Å². The van der Waals surface area contributed by atoms with Crippen molar-refractivity contribution in [2.24, 2.45) is 0 Å². The van der Waals surface area contributed by atoms with Crippen molar-refractivity contribution in [2.75, 3.05) is 13.2 Å². The number of aromatic nitrogens is 4. The summed E-state index contributed by atoms with van der Waals surface area (Å²) in [5, 5.41) is 13.3. The number of aryl methyl sites for hydroxylation is 1. The third kappa shape index (κ3) is 3.25. The fourth-order valence-electron chi connectivity index (χ4n) is 4.01. The minimum Gasteiger partial charge on any atom is -0.459 e. The second-order valence-corrected chi connectivity index (χ2v) is 7.39. The number of furan rings is 1. The van der Waals surface area contributed by atoms with Gasteiger partial charge in [-0.05, 0) is 54.0 Å². The maximum Gasteiger partial charge on any atom is 0.289 e. The van der Waals surface area contributed by atoms with Gasteiger partial charge in [0.1, 0.15) is 0 Å². The Kier molecular flexibility index (Phi) is 4.48. The second kappa shape index (κ2) is 7.29. The number of nitrogens with zero attached hydrogens (tertiary/aromatic N) is 5. The Balaban J connectivity index is 1.56. The molecule has 0 bridgehead atoms. The van der Waals surface area contributed by atoms with Gasteiger partial charge in [-0.1, -0.05) is 18.2 Å². The minimum atomic E-state index is -0.166. The molecule has 1 aliphatic rings. The molecule has 4 heterocycles. The van der Waals surface area contributed by atoms with Crippen molar-refractivity contribution in [3.8, 4) is 0 Å². The van der Waals surface area contributed by atoms with Crippen molar-refractivity contribution in [1.29, 1.82) is 0 Å². The number of benzene rings is 1. The van der Waals surface area contributed by atoms with Crippen LogP contribution in [0.25, 0.3) is 16.6 Å². The molecule has 0 unspecified atom stereocenters. The van der Waals surface area contributed by atoms with Crippen LogP contribution >= 0.6 is 0 Å². The molecule has 148 valence electrons. The van der Waals surface area contributed by atoms with Gasteiger partial charge in [-0.25, -0.2) is 0 Å². The van der Waals surface area contributed by atoms with E-state index in [9.17, 15) is 4.79 Å². The highest BCUT2D eigenvalue weighted by Gasteiger charge is 2.26. The molecule has 1 amide bonds. The monoisotopic (exact) mass is 391 g/mol. The highest BCUT2D eigenvalue weighted by Crippen LogP contribution is 2.24. The number of amides is 1. The number of carbonyl (C=O) groups excluding carboxylic acids is 1. The molecule has 1 atom stereocenters. The number of hydrogen-bond acceptors (Lipinski definition) is 6. The summed E-state index contributed by atoms with van der Waals surface area (Å²) in [6.07, 6.45) is 3.50. The molecule has 1 aromatic carbocycles. The van der Waals surface area contributed by atoms with Crippen LogP contribution in [0, 0.1) is 6.92 Å². The van der Waals surface area contributed by atoms with Crippen LogP contribution in [0.4, 0.5) is 0 Å². The Bertz CT molecular complexity index is 1160. The molecule has 0 saturated carbocycles. The average Bonchev–Trinajstić information content (AvgIpc) is 3.48. The minimum absolute atomic E-state index is 0.0311. The standard InChI is InChI=1S/C21H21N5O3/c1-14-5-2-6-15-11-16(20-22-23-24-26(20)19(14)15)12-25(13-17-7-3-9-28-17)21(27)18-8-4-10-29-18/h2,4-6,8,10-11,17H,3,7,9,12-13H2,1H3/t17-/m1/s1. The summed E-state index contributed by atoms with van der Waals surface area (Å²) in [7, 11) is 0. The van der Waals surface area contributed by atoms with E-state index < -0.39 is 0 Å². The summed E-state index contributed by atoms with van der Waals surface area (Å²) in [4.78, 5) is 14.9. The lowest BCUT2D eigenvalue weighted by atomic mass is 10.1. The third-order valence-corrected chi connectivity index (χ3v) is 5.40. The molecule has 1 fully saturated rings. The van der Waals surface area contributed by atoms with Gasteiger partial charge in [0.15, 0.2) is 11.4 Å². The van der Waals surface area contributed by atoms with Gasteiger partial charge in [0.2, 0.25) is 0 Å². The SMILES string of the molecule is Cc1cccc2cc(CN(C[C@H]3CCCO3)C(=O)c3ccco3)c3nnnn3c12. The largest absolute Gasteiger partial charge is 0.459 e. The number of ether oxygens (including phenoxy) is 1. The Morgan fingerprint density at radius 2 is 2.24 bits per heavy atom. The third-order valence-electron chi connectivity index (χ3n) is 5.40. The van der Waals surface area contributed by atoms with E-state index in [1.165, 1.54) is 6.26 Å². The molecule has 5 rings (SSSR count). The predicted octanol–water partition coefficient (Wildman–Crippen LogP) is 3.00. The van der Waals surface area contributed by atoms with Crippen LogP contribution in [-0.4, -0.2) is 50.1 Å². The lowest BCUT2D eigenvalue weighted by molar-refractivity contribution is 0.0484. The van der Waals surface area contributed by atoms with Gasteiger partial charge in [-0.2, -0.15) is 4.52 Å². The Hall–Kier alpha value is -3.26. The molecular formula is C21H21N5O3. The molecule has 4 aromatic rings. The van der Waals surface area contributed by atoms with E-state index >= 15 is 0 Å². The van der Waals surface area contributed by atoms with Crippen molar-refractivity contribution >= 4 is 22.5 Å². The van der Waals surface area contributed by atoms with Crippen LogP contribution in [0.3, 0.4) is 0 Å². The maximum absolute atomic E-state index is 13.1. The molecule has 0 N–H and O–H groups in total. The lowest BCUT2D eigenvalue weighted by Crippen LogP contribution is -2.37. The molecule has 8 heteroatoms. The Morgan fingerprint density at radius 3 is 3.03 bits per heavy atom. The quantitative estimate of drug-likeness (QED) is 0.520. The smallest absolute Gasteiger partial charge is 0.289 e. The van der Waals surface area contributed by atoms with Gasteiger partial charge in [-0.15, -0.1) is 5.10 Å². The number of tetrazole rings is 1. The average molecular weight is 391 g/mol. The van der Waals surface area contributed by atoms with Crippen LogP contribution in [0.15, 0.2) is 47.1 Å². The molecular weight excluding hydrogens is 370 g/mol. The van der Waals surface area contributed by atoms with Crippen LogP contribution < -0.4 is 0 Å². The first-order valence-corrected chi connectivity index (χ1v) is 9.74. The van der Waals surface area contributed by atoms with Gasteiger partial charge in [0.25, 0.3) is 5.91 Å². The van der Waals surface area contributed by atoms with Crippen molar-refractivity contribution in [3.63, 3.8) is 0 Å². The summed E-state index contributed by atoms with van der Waals surface area (Å²) < 4.78 is 12.9. The van der Waals surface area contributed by atoms with E-state index in [4.69, 9.17) is 9.15 Å². The van der Waals surface area contributed by atoms with Crippen molar-refractivity contribution in [2.45, 2.75) is 32.4 Å². The van der Waals surface area contributed by atoms with Crippen molar-refractivity contribution in [3.05, 3.63) is 59.5 Å². The maximum atomic E-state index is 13.1. The zero-order valence-corrected chi connectivity index (χ0v) is 16.1. The summed E-state index contributed by atoms with van der Waals surface area (Å²) in [5.41, 5.74) is 3.59. The van der Waals surface area contributed by atoms with E-state index in [0.717, 1.165) is 41.5 Å². The van der Waals surface area contributed by atoms with Crippen LogP contribution in [0.2, 0.25) is 0 Å². The highest BCUT2D eigenvalue weighted by atomic mass is 16.5. The molecule has 8 nitrogen and oxygen atoms in total. The number of para-hydroxylation sites is 1. The number of rotatable bonds is 5. The number of pyridine rings is 1. The summed E-state index contributed by atoms with van der Waals surface area (Å²) >= 11 is 0. The van der Waals surface area contributed by atoms with Crippen molar-refractivity contribution in [1.82, 2.24) is 24.9 Å². The fourth-order valence-corrected chi connectivity index (χ4v) is 4.01. The molecule has 3 aromatic heterocycles. The first kappa shape index (κ1) is 17.8. The molecule has 1 saturated heterocycles. The van der Waals surface area contributed by atoms with E-state index in [2.05, 4.69) is 21.6 Å². The highest BCUT2D eigenvalue weighted by molar-refractivity contribution is 5.92. The van der Waals surface area contributed by atoms with E-state index in [1.54, 1.807) is 21.5 Å². The summed E-state index contributed by atoms with van der Waals surface area (Å²) in [5.74, 6) is 0.149. The van der Waals surface area contributed by atoms with Gasteiger partial charge in [-0.3, -0.25) is 4.79 Å². The fraction of sp³-hybridized carbons (Fsp3) is 0.333. The summed E-state index contributed by atoms with van der Waals surface area (Å²) in [6, 6.07) is 11.5. The lowest BCUT2D eigenvalue weighted by Gasteiger charge is -2.25. The topological polar surface area (TPSA) is 85.8 Å². The molecule has 0 radical (unpaired) electrons. The van der Waals surface area contributed by atoms with Gasteiger partial charge >= 0.3 is 0 Å². The zero-order valence-electron chi connectivity index (χ0n) is 16.1. The number of fused-ring (bicyclic) bond motifs is 3. The predicted molar refractivity (Wildman–Crippen MR) is 105 cm³/mol. The Labute approximate surface area is 167 Å². The molecule has 29 heavy (non-hydrogen) atoms. The van der Waals surface area contributed by atoms with E-state index in [1.807, 2.05) is 25.1 Å². The van der Waals surface area contributed by atoms with Gasteiger partial charge in [0, 0.05) is 30.6 Å². The number of carbonyl (C=O) groups is 1. The van der Waals surface area contributed by atoms with Crippen molar-refractivity contribution < 1.29 is 13.9 Å². The van der Waals surface area contributed by atoms with Crippen LogP contribution in [0.1, 0.15) is 34.5 Å². The van der Waals surface area contributed by atoms with Crippen LogP contribution in [0.5, 0.6) is 0 Å². The first-order chi connectivity index (χ1) is 14.2. The normalized spacial score (nSPS) is 16.7. The van der Waals surface area contributed by atoms with Gasteiger partial charge in [0.05, 0.1) is 17.9 Å². The molecule has 0 spiro atoms. The van der Waals surface area contributed by atoms with Crippen LogP contribution in [-0.2, 0) is 11.3 Å². The molecule has 0 aliphatic carbocycles. The Morgan fingerprint density at radius 1 is 1.31 bits per heavy atom. The zero-order chi connectivity index (χ0) is 19.8. The molecule has 1 aliphatic heterocycles. The van der Waals surface area contributed by atoms with Gasteiger partial charge < -0.3 is 14.1 Å². The number of hydrogen-bond donors (Lipinski definition) is 0. The summed E-state index contributed by atoms with van der Waals surface area (Å²) in [6.45, 7) is 3.64. The first-order valence-electron chi connectivity index (χ1n) is 9.74. The second-order valence-electron chi connectivity index (χ2n) is 7.39. The van der Waals surface area contributed by atoms with E-state index in [-0.39, 0.29) is 12.0 Å².